The minimum absolute atomic E-state index is 0. The fourth-order valence-electron chi connectivity index (χ4n) is 0.800. The smallest absolute Gasteiger partial charge is 0.701 e. The van der Waals surface area contributed by atoms with Gasteiger partial charge in [-0.1, -0.05) is 39.3 Å². The molecule has 0 atom stereocenters. The predicted octanol–water partition coefficient (Wildman–Crippen LogP) is 11.2. The van der Waals surface area contributed by atoms with Crippen molar-refractivity contribution in [1.82, 2.24) is 0 Å². The van der Waals surface area contributed by atoms with Crippen LogP contribution in [0.25, 0.3) is 0 Å². The van der Waals surface area contributed by atoms with Crippen LogP contribution >= 0.6 is 39.5 Å². The summed E-state index contributed by atoms with van der Waals surface area (Å²) in [5, 5.41) is 0. The van der Waals surface area contributed by atoms with Crippen LogP contribution in [0.1, 0.15) is 0 Å². The summed E-state index contributed by atoms with van der Waals surface area (Å²) in [7, 11) is -11.6. The van der Waals surface area contributed by atoms with Gasteiger partial charge in [0.15, 0.2) is 0 Å². The Hall–Kier alpha value is 1.80. The summed E-state index contributed by atoms with van der Waals surface area (Å²) >= 11 is 0. The molecule has 0 aliphatic heterocycles. The monoisotopic (exact) mass is 694 g/mol. The van der Waals surface area contributed by atoms with Gasteiger partial charge in [-0.3, -0.25) is 0 Å². The van der Waals surface area contributed by atoms with Crippen molar-refractivity contribution >= 4 is 55.6 Å². The molecule has 14 heteroatoms. The SMILES string of the molecule is CP(C)CCP(C)C.CP(C)CCP(C)C.F[P-](F)(F)(F)(F)F.[C-]#C[Si](C)(C)C.[C-]#C[Si](C)(C)C.[Mn+3]. The van der Waals surface area contributed by atoms with Gasteiger partial charge in [-0.05, 0) is 78.0 Å². The maximum absolute atomic E-state index is 10.7. The molecule has 0 amide bonds. The fraction of sp³-hybridized carbons (Fsp3) is 0.818. The molecule has 0 rings (SSSR count). The molecule has 0 radical (unpaired) electrons. The van der Waals surface area contributed by atoms with E-state index in [0.29, 0.717) is 31.7 Å². The molecule has 0 saturated heterocycles. The second-order valence-corrected chi connectivity index (χ2v) is 32.8. The first-order valence-corrected chi connectivity index (χ1v) is 29.6. The van der Waals surface area contributed by atoms with E-state index in [9.17, 15) is 25.2 Å². The van der Waals surface area contributed by atoms with Gasteiger partial charge >= 0.3 is 50.1 Å². The Kier molecular flexibility index (Phi) is 30.3. The van der Waals surface area contributed by atoms with Gasteiger partial charge in [0.1, 0.15) is 0 Å². The van der Waals surface area contributed by atoms with Crippen LogP contribution in [0, 0.1) is 23.9 Å². The molecule has 36 heavy (non-hydrogen) atoms. The van der Waals surface area contributed by atoms with Crippen molar-refractivity contribution in [1.29, 1.82) is 0 Å². The van der Waals surface area contributed by atoms with Gasteiger partial charge in [-0.15, -0.1) is 31.7 Å². The van der Waals surface area contributed by atoms with Crippen molar-refractivity contribution < 1.29 is 42.3 Å². The largest absolute Gasteiger partial charge is 3.00 e. The minimum atomic E-state index is -10.7. The molecule has 0 bridgehead atoms. The number of hydrogen-bond donors (Lipinski definition) is 0. The maximum Gasteiger partial charge on any atom is 3.00 e. The Balaban J connectivity index is -0.0000000780. The van der Waals surface area contributed by atoms with Crippen molar-refractivity contribution in [3.8, 4) is 11.1 Å². The van der Waals surface area contributed by atoms with E-state index in [1.807, 2.05) is 0 Å². The van der Waals surface area contributed by atoms with Crippen LogP contribution < -0.4 is 0 Å². The van der Waals surface area contributed by atoms with E-state index in [2.05, 4.69) is 104 Å². The molecule has 0 aliphatic carbocycles. The standard InChI is InChI=1S/2C6H16P2.2C5H9Si.F6P.Mn/c2*1-7(2)5-6-8(3)4;2*1-5-6(2,3)4;1-7(2,3,4,5)6;/h2*5-6H2,1-4H3;2*2-4H3;;/q;;3*-1;+3. The van der Waals surface area contributed by atoms with Crippen LogP contribution in [-0.4, -0.2) is 94.1 Å². The summed E-state index contributed by atoms with van der Waals surface area (Å²) in [5.41, 5.74) is 4.99. The Bertz CT molecular complexity index is 534. The zero-order valence-electron chi connectivity index (χ0n) is 24.7. The molecule has 0 aromatic carbocycles. The fourth-order valence-corrected chi connectivity index (χ4v) is 7.20. The first kappa shape index (κ1) is 50.6. The van der Waals surface area contributed by atoms with Gasteiger partial charge in [0.2, 0.25) is 0 Å². The molecule has 0 aromatic rings. The minimum Gasteiger partial charge on any atom is -0.701 e. The Labute approximate surface area is 238 Å². The zero-order valence-corrected chi connectivity index (χ0v) is 32.4. The third-order valence-electron chi connectivity index (χ3n) is 2.74. The zero-order chi connectivity index (χ0) is 30.0. The normalized spacial score (nSPS) is 12.9. The van der Waals surface area contributed by atoms with Crippen LogP contribution in [0.4, 0.5) is 25.2 Å². The van der Waals surface area contributed by atoms with Crippen molar-refractivity contribution in [2.75, 3.05) is 78.0 Å². The average Bonchev–Trinajstić information content (AvgIpc) is 2.56. The summed E-state index contributed by atoms with van der Waals surface area (Å²) in [6.45, 7) is 31.3. The second kappa shape index (κ2) is 21.5. The molecule has 0 heterocycles. The molecule has 0 nitrogen and oxygen atoms in total. The number of rotatable bonds is 6. The molecular weight excluding hydrogens is 644 g/mol. The van der Waals surface area contributed by atoms with Gasteiger partial charge < -0.3 is 23.9 Å². The molecular formula is C22H50F6MnP5Si2. The third-order valence-corrected chi connectivity index (χ3v) is 9.42. The van der Waals surface area contributed by atoms with Crippen LogP contribution in [0.5, 0.6) is 0 Å². The molecule has 0 aliphatic rings. The topological polar surface area (TPSA) is 0 Å². The molecule has 0 unspecified atom stereocenters. The average molecular weight is 695 g/mol. The predicted molar refractivity (Wildman–Crippen MR) is 169 cm³/mol. The molecule has 220 valence electrons. The molecule has 0 spiro atoms. The molecule has 0 fully saturated rings. The van der Waals surface area contributed by atoms with Crippen LogP contribution in [0.3, 0.4) is 0 Å². The Morgan fingerprint density at radius 1 is 0.500 bits per heavy atom. The third kappa shape index (κ3) is 137. The van der Waals surface area contributed by atoms with Crippen LogP contribution in [-0.2, 0) is 17.1 Å². The molecule has 0 aromatic heterocycles. The molecule has 0 saturated carbocycles. The van der Waals surface area contributed by atoms with Crippen molar-refractivity contribution in [3.63, 3.8) is 0 Å². The summed E-state index contributed by atoms with van der Waals surface area (Å²) in [4.78, 5) is 0. The van der Waals surface area contributed by atoms with E-state index < -0.39 is 24.0 Å². The van der Waals surface area contributed by atoms with Gasteiger partial charge in [-0.2, -0.15) is 0 Å². The quantitative estimate of drug-likeness (QED) is 0.0854. The number of hydrogen-bond acceptors (Lipinski definition) is 0. The summed E-state index contributed by atoms with van der Waals surface area (Å²) in [5.74, 6) is 0. The van der Waals surface area contributed by atoms with Gasteiger partial charge in [-0.25, -0.2) is 0 Å². The second-order valence-electron chi connectivity index (χ2n) is 10.9. The van der Waals surface area contributed by atoms with Crippen LogP contribution in [0.2, 0.25) is 39.3 Å². The summed E-state index contributed by atoms with van der Waals surface area (Å²) in [6.07, 6.45) is 19.3. The van der Waals surface area contributed by atoms with Crippen molar-refractivity contribution in [3.05, 3.63) is 12.8 Å². The van der Waals surface area contributed by atoms with Crippen LogP contribution in [0.15, 0.2) is 0 Å². The van der Waals surface area contributed by atoms with E-state index in [0.717, 1.165) is 0 Å². The Morgan fingerprint density at radius 3 is 0.611 bits per heavy atom. The van der Waals surface area contributed by atoms with E-state index >= 15 is 0 Å². The first-order chi connectivity index (χ1) is 14.8. The van der Waals surface area contributed by atoms with E-state index in [1.54, 1.807) is 0 Å². The first-order valence-electron chi connectivity index (χ1n) is 10.9. The summed E-state index contributed by atoms with van der Waals surface area (Å²) < 4.78 is 59.2. The van der Waals surface area contributed by atoms with Gasteiger partial charge in [0.05, 0.1) is 16.1 Å². The maximum atomic E-state index is 9.87. The van der Waals surface area contributed by atoms with Crippen molar-refractivity contribution in [2.45, 2.75) is 39.3 Å². The van der Waals surface area contributed by atoms with E-state index in [1.165, 1.54) is 24.6 Å². The number of halogens is 6. The van der Waals surface area contributed by atoms with Crippen molar-refractivity contribution in [2.24, 2.45) is 0 Å². The molecule has 0 N–H and O–H groups in total. The van der Waals surface area contributed by atoms with Gasteiger partial charge in [0.25, 0.3) is 0 Å². The summed E-state index contributed by atoms with van der Waals surface area (Å²) in [6, 6.07) is 0. The van der Waals surface area contributed by atoms with Gasteiger partial charge in [0, 0.05) is 0 Å². The van der Waals surface area contributed by atoms with E-state index in [4.69, 9.17) is 12.8 Å². The Morgan fingerprint density at radius 2 is 0.583 bits per heavy atom. The van der Waals surface area contributed by atoms with E-state index in [-0.39, 0.29) is 17.1 Å².